The van der Waals surface area contributed by atoms with Crippen molar-refractivity contribution < 1.29 is 4.74 Å². The van der Waals surface area contributed by atoms with E-state index >= 15 is 0 Å². The zero-order valence-corrected chi connectivity index (χ0v) is 11.8. The molecule has 0 N–H and O–H groups in total. The van der Waals surface area contributed by atoms with E-state index in [0.717, 1.165) is 42.1 Å². The lowest BCUT2D eigenvalue weighted by Crippen LogP contribution is -2.29. The van der Waals surface area contributed by atoms with Crippen molar-refractivity contribution in [2.45, 2.75) is 18.9 Å². The molecule has 1 unspecified atom stereocenters. The van der Waals surface area contributed by atoms with Gasteiger partial charge in [-0.05, 0) is 28.8 Å². The Morgan fingerprint density at radius 1 is 1.61 bits per heavy atom. The molecular formula is C12H15BrN4O. The molecule has 18 heavy (non-hydrogen) atoms. The van der Waals surface area contributed by atoms with E-state index in [1.165, 1.54) is 0 Å². The van der Waals surface area contributed by atoms with Gasteiger partial charge in [0.1, 0.15) is 4.60 Å². The van der Waals surface area contributed by atoms with Gasteiger partial charge < -0.3 is 14.0 Å². The third kappa shape index (κ3) is 2.22. The number of imidazole rings is 1. The van der Waals surface area contributed by atoms with Crippen molar-refractivity contribution in [2.24, 2.45) is 0 Å². The Kier molecular flexibility index (Phi) is 3.22. The van der Waals surface area contributed by atoms with E-state index in [1.54, 1.807) is 6.20 Å². The molecule has 2 aromatic rings. The van der Waals surface area contributed by atoms with Crippen LogP contribution in [0.1, 0.15) is 12.8 Å². The molecule has 1 aliphatic heterocycles. The standard InChI is InChI=1S/C12H15BrN4O/c1-16(7-9-3-2-6-18-9)12-11-14-4-5-17(11)8-10(13)15-12/h4-5,8-9H,2-3,6-7H2,1H3. The van der Waals surface area contributed by atoms with Crippen LogP contribution in [0.3, 0.4) is 0 Å². The fraction of sp³-hybridized carbons (Fsp3) is 0.500. The van der Waals surface area contributed by atoms with Gasteiger partial charge in [0.2, 0.25) is 0 Å². The van der Waals surface area contributed by atoms with Gasteiger partial charge in [-0.3, -0.25) is 0 Å². The van der Waals surface area contributed by atoms with Crippen LogP contribution in [0.4, 0.5) is 5.82 Å². The van der Waals surface area contributed by atoms with Gasteiger partial charge in [-0.15, -0.1) is 0 Å². The average molecular weight is 311 g/mol. The molecule has 0 saturated carbocycles. The summed E-state index contributed by atoms with van der Waals surface area (Å²) >= 11 is 3.43. The van der Waals surface area contributed by atoms with Gasteiger partial charge in [0.25, 0.3) is 0 Å². The third-order valence-corrected chi connectivity index (χ3v) is 3.57. The summed E-state index contributed by atoms with van der Waals surface area (Å²) in [5.41, 5.74) is 0.874. The van der Waals surface area contributed by atoms with Gasteiger partial charge >= 0.3 is 0 Å². The summed E-state index contributed by atoms with van der Waals surface area (Å²) in [5.74, 6) is 0.880. The van der Waals surface area contributed by atoms with Crippen LogP contribution in [-0.4, -0.2) is 40.7 Å². The van der Waals surface area contributed by atoms with Crippen LogP contribution in [0, 0.1) is 0 Å². The highest BCUT2D eigenvalue weighted by molar-refractivity contribution is 9.10. The first kappa shape index (κ1) is 11.9. The monoisotopic (exact) mass is 310 g/mol. The predicted molar refractivity (Wildman–Crippen MR) is 72.9 cm³/mol. The molecule has 2 aromatic heterocycles. The van der Waals surface area contributed by atoms with Gasteiger partial charge in [0.15, 0.2) is 11.5 Å². The van der Waals surface area contributed by atoms with E-state index in [4.69, 9.17) is 4.74 Å². The van der Waals surface area contributed by atoms with Crippen molar-refractivity contribution in [3.8, 4) is 0 Å². The van der Waals surface area contributed by atoms with E-state index in [0.29, 0.717) is 6.10 Å². The molecule has 0 aromatic carbocycles. The highest BCUT2D eigenvalue weighted by atomic mass is 79.9. The van der Waals surface area contributed by atoms with Gasteiger partial charge in [-0.1, -0.05) is 0 Å². The normalized spacial score (nSPS) is 19.6. The van der Waals surface area contributed by atoms with Crippen molar-refractivity contribution in [3.05, 3.63) is 23.2 Å². The second-order valence-electron chi connectivity index (χ2n) is 4.56. The van der Waals surface area contributed by atoms with E-state index in [9.17, 15) is 0 Å². The number of nitrogens with zero attached hydrogens (tertiary/aromatic N) is 4. The van der Waals surface area contributed by atoms with E-state index < -0.39 is 0 Å². The number of halogens is 1. The molecule has 0 radical (unpaired) electrons. The molecule has 3 heterocycles. The zero-order chi connectivity index (χ0) is 12.5. The van der Waals surface area contributed by atoms with E-state index in [-0.39, 0.29) is 0 Å². The molecule has 0 amide bonds. The minimum atomic E-state index is 0.311. The van der Waals surface area contributed by atoms with E-state index in [1.807, 2.05) is 23.8 Å². The van der Waals surface area contributed by atoms with Crippen LogP contribution < -0.4 is 4.90 Å². The molecular weight excluding hydrogens is 296 g/mol. The number of anilines is 1. The molecule has 6 heteroatoms. The first-order valence-corrected chi connectivity index (χ1v) is 6.85. The van der Waals surface area contributed by atoms with Crippen LogP contribution >= 0.6 is 15.9 Å². The summed E-state index contributed by atoms with van der Waals surface area (Å²) in [4.78, 5) is 11.0. The molecule has 0 spiro atoms. The molecule has 0 aliphatic carbocycles. The highest BCUT2D eigenvalue weighted by Gasteiger charge is 2.20. The molecule has 96 valence electrons. The number of aromatic nitrogens is 3. The third-order valence-electron chi connectivity index (χ3n) is 3.19. The highest BCUT2D eigenvalue weighted by Crippen LogP contribution is 2.22. The number of fused-ring (bicyclic) bond motifs is 1. The average Bonchev–Trinajstić information content (AvgIpc) is 2.97. The minimum Gasteiger partial charge on any atom is -0.376 e. The lowest BCUT2D eigenvalue weighted by Gasteiger charge is -2.22. The summed E-state index contributed by atoms with van der Waals surface area (Å²) in [6.45, 7) is 1.73. The van der Waals surface area contributed by atoms with Crippen molar-refractivity contribution in [1.82, 2.24) is 14.4 Å². The van der Waals surface area contributed by atoms with Crippen LogP contribution in [-0.2, 0) is 4.74 Å². The Hall–Kier alpha value is -1.14. The Morgan fingerprint density at radius 2 is 2.50 bits per heavy atom. The molecule has 1 aliphatic rings. The Labute approximate surface area is 114 Å². The number of rotatable bonds is 3. The summed E-state index contributed by atoms with van der Waals surface area (Å²) < 4.78 is 8.44. The summed E-state index contributed by atoms with van der Waals surface area (Å²) in [5, 5.41) is 0. The van der Waals surface area contributed by atoms with Gasteiger partial charge in [0.05, 0.1) is 6.10 Å². The van der Waals surface area contributed by atoms with Crippen LogP contribution in [0.15, 0.2) is 23.2 Å². The number of hydrogen-bond donors (Lipinski definition) is 0. The molecule has 3 rings (SSSR count). The topological polar surface area (TPSA) is 42.7 Å². The van der Waals surface area contributed by atoms with Crippen molar-refractivity contribution in [1.29, 1.82) is 0 Å². The van der Waals surface area contributed by atoms with Crippen molar-refractivity contribution in [2.75, 3.05) is 25.1 Å². The Morgan fingerprint density at radius 3 is 3.28 bits per heavy atom. The maximum Gasteiger partial charge on any atom is 0.180 e. The van der Waals surface area contributed by atoms with Gasteiger partial charge in [-0.2, -0.15) is 0 Å². The number of likely N-dealkylation sites (N-methyl/N-ethyl adjacent to an activating group) is 1. The summed E-state index contributed by atoms with van der Waals surface area (Å²) in [7, 11) is 2.03. The molecule has 1 saturated heterocycles. The molecule has 5 nitrogen and oxygen atoms in total. The van der Waals surface area contributed by atoms with Crippen molar-refractivity contribution in [3.63, 3.8) is 0 Å². The second kappa shape index (κ2) is 4.85. The second-order valence-corrected chi connectivity index (χ2v) is 5.37. The molecule has 0 bridgehead atoms. The summed E-state index contributed by atoms with van der Waals surface area (Å²) in [6.07, 6.45) is 8.21. The fourth-order valence-electron chi connectivity index (χ4n) is 2.32. The van der Waals surface area contributed by atoms with Gasteiger partial charge in [-0.25, -0.2) is 9.97 Å². The quantitative estimate of drug-likeness (QED) is 0.871. The van der Waals surface area contributed by atoms with E-state index in [2.05, 4.69) is 30.8 Å². The first-order chi connectivity index (χ1) is 8.74. The molecule has 1 fully saturated rings. The number of ether oxygens (including phenoxy) is 1. The zero-order valence-electron chi connectivity index (χ0n) is 10.2. The Bertz CT molecular complexity index is 550. The number of hydrogen-bond acceptors (Lipinski definition) is 4. The first-order valence-electron chi connectivity index (χ1n) is 6.06. The largest absolute Gasteiger partial charge is 0.376 e. The van der Waals surface area contributed by atoms with Crippen LogP contribution in [0.25, 0.3) is 5.65 Å². The van der Waals surface area contributed by atoms with Crippen LogP contribution in [0.5, 0.6) is 0 Å². The fourth-order valence-corrected chi connectivity index (χ4v) is 2.71. The minimum absolute atomic E-state index is 0.311. The maximum atomic E-state index is 5.66. The lowest BCUT2D eigenvalue weighted by atomic mass is 10.2. The maximum absolute atomic E-state index is 5.66. The van der Waals surface area contributed by atoms with Crippen LogP contribution in [0.2, 0.25) is 0 Å². The Balaban J connectivity index is 1.89. The van der Waals surface area contributed by atoms with Crippen molar-refractivity contribution >= 4 is 27.4 Å². The molecule has 1 atom stereocenters. The lowest BCUT2D eigenvalue weighted by molar-refractivity contribution is 0.116. The SMILES string of the molecule is CN(CC1CCCO1)c1nc(Br)cn2ccnc12. The van der Waals surface area contributed by atoms with Gasteiger partial charge in [0, 0.05) is 38.8 Å². The summed E-state index contributed by atoms with van der Waals surface area (Å²) in [6, 6.07) is 0. The smallest absolute Gasteiger partial charge is 0.180 e. The predicted octanol–water partition coefficient (Wildman–Crippen LogP) is 2.11.